The van der Waals surface area contributed by atoms with E-state index in [1.54, 1.807) is 12.1 Å². The summed E-state index contributed by atoms with van der Waals surface area (Å²) in [5, 5.41) is 19.1. The molecule has 2 heteroatoms. The highest BCUT2D eigenvalue weighted by atomic mass is 16.3. The number of aromatic hydroxyl groups is 2. The Hall–Kier alpha value is -1.96. The van der Waals surface area contributed by atoms with E-state index in [4.69, 9.17) is 0 Å². The first-order valence-corrected chi connectivity index (χ1v) is 5.18. The molecule has 0 spiro atoms. The molecular weight excluding hydrogens is 200 g/mol. The fraction of sp³-hybridized carbons (Fsp3) is 0.143. The molecule has 0 bridgehead atoms. The Kier molecular flexibility index (Phi) is 2.57. The zero-order valence-corrected chi connectivity index (χ0v) is 9.36. The molecule has 2 rings (SSSR count). The van der Waals surface area contributed by atoms with Crippen LogP contribution in [0.2, 0.25) is 0 Å². The van der Waals surface area contributed by atoms with Crippen LogP contribution in [0, 0.1) is 13.8 Å². The summed E-state index contributed by atoms with van der Waals surface area (Å²) < 4.78 is 0. The van der Waals surface area contributed by atoms with Gasteiger partial charge in [-0.25, -0.2) is 0 Å². The van der Waals surface area contributed by atoms with Crippen molar-refractivity contribution in [3.05, 3.63) is 47.5 Å². The van der Waals surface area contributed by atoms with Crippen LogP contribution >= 0.6 is 0 Å². The van der Waals surface area contributed by atoms with Crippen molar-refractivity contribution in [2.24, 2.45) is 0 Å². The van der Waals surface area contributed by atoms with Gasteiger partial charge in [-0.05, 0) is 42.7 Å². The highest BCUT2D eigenvalue weighted by molar-refractivity contribution is 5.76. The van der Waals surface area contributed by atoms with Crippen LogP contribution in [0.5, 0.6) is 11.5 Å². The molecule has 2 aromatic rings. The number of rotatable bonds is 1. The maximum Gasteiger partial charge on any atom is 0.127 e. The third kappa shape index (κ3) is 1.74. The summed E-state index contributed by atoms with van der Waals surface area (Å²) in [6, 6.07) is 10.7. The van der Waals surface area contributed by atoms with Crippen molar-refractivity contribution in [1.29, 1.82) is 0 Å². The average Bonchev–Trinajstić information content (AvgIpc) is 2.20. The smallest absolute Gasteiger partial charge is 0.127 e. The first-order chi connectivity index (χ1) is 7.59. The molecule has 0 aliphatic heterocycles. The summed E-state index contributed by atoms with van der Waals surface area (Å²) >= 11 is 0. The molecule has 2 nitrogen and oxygen atoms in total. The molecule has 16 heavy (non-hydrogen) atoms. The topological polar surface area (TPSA) is 40.5 Å². The molecule has 0 fully saturated rings. The fourth-order valence-electron chi connectivity index (χ4n) is 1.97. The number of aryl methyl sites for hydroxylation is 2. The second-order valence-corrected chi connectivity index (χ2v) is 3.97. The lowest BCUT2D eigenvalue weighted by Gasteiger charge is -2.11. The molecule has 0 atom stereocenters. The normalized spacial score (nSPS) is 10.4. The maximum absolute atomic E-state index is 9.83. The van der Waals surface area contributed by atoms with Gasteiger partial charge in [-0.2, -0.15) is 0 Å². The van der Waals surface area contributed by atoms with Crippen LogP contribution in [-0.2, 0) is 0 Å². The van der Waals surface area contributed by atoms with Crippen molar-refractivity contribution in [3.8, 4) is 22.6 Å². The van der Waals surface area contributed by atoms with E-state index < -0.39 is 0 Å². The fourth-order valence-corrected chi connectivity index (χ4v) is 1.97. The molecule has 0 radical (unpaired) electrons. The predicted molar refractivity (Wildman–Crippen MR) is 64.7 cm³/mol. The maximum atomic E-state index is 9.83. The number of phenolic OH excluding ortho intramolecular Hbond substituents is 2. The van der Waals surface area contributed by atoms with Crippen LogP contribution in [0.25, 0.3) is 11.1 Å². The van der Waals surface area contributed by atoms with E-state index >= 15 is 0 Å². The van der Waals surface area contributed by atoms with E-state index in [9.17, 15) is 10.2 Å². The lowest BCUT2D eigenvalue weighted by atomic mass is 9.95. The molecule has 0 aliphatic rings. The van der Waals surface area contributed by atoms with Crippen LogP contribution in [-0.4, -0.2) is 10.2 Å². The predicted octanol–water partition coefficient (Wildman–Crippen LogP) is 3.38. The van der Waals surface area contributed by atoms with Crippen LogP contribution in [0.3, 0.4) is 0 Å². The SMILES string of the molecule is Cc1cccc(C)c1-c1ccc(O)cc1O. The van der Waals surface area contributed by atoms with Crippen molar-refractivity contribution in [1.82, 2.24) is 0 Å². The van der Waals surface area contributed by atoms with E-state index in [-0.39, 0.29) is 11.5 Å². The van der Waals surface area contributed by atoms with Crippen molar-refractivity contribution >= 4 is 0 Å². The Morgan fingerprint density at radius 1 is 0.875 bits per heavy atom. The Morgan fingerprint density at radius 2 is 1.50 bits per heavy atom. The van der Waals surface area contributed by atoms with Gasteiger partial charge < -0.3 is 10.2 Å². The van der Waals surface area contributed by atoms with Gasteiger partial charge in [0.1, 0.15) is 11.5 Å². The van der Waals surface area contributed by atoms with Gasteiger partial charge >= 0.3 is 0 Å². The number of benzene rings is 2. The number of hydrogen-bond acceptors (Lipinski definition) is 2. The zero-order valence-electron chi connectivity index (χ0n) is 9.36. The number of hydrogen-bond donors (Lipinski definition) is 2. The van der Waals surface area contributed by atoms with Gasteiger partial charge in [0.05, 0.1) is 0 Å². The van der Waals surface area contributed by atoms with Crippen molar-refractivity contribution in [3.63, 3.8) is 0 Å². The molecule has 0 unspecified atom stereocenters. The minimum atomic E-state index is 0.0764. The van der Waals surface area contributed by atoms with Gasteiger partial charge in [-0.1, -0.05) is 18.2 Å². The molecule has 0 aliphatic carbocycles. The molecule has 0 saturated heterocycles. The highest BCUT2D eigenvalue weighted by Crippen LogP contribution is 2.35. The summed E-state index contributed by atoms with van der Waals surface area (Å²) in [4.78, 5) is 0. The third-order valence-electron chi connectivity index (χ3n) is 2.73. The van der Waals surface area contributed by atoms with Gasteiger partial charge in [0.15, 0.2) is 0 Å². The molecule has 2 N–H and O–H groups in total. The molecule has 2 aromatic carbocycles. The highest BCUT2D eigenvalue weighted by Gasteiger charge is 2.09. The van der Waals surface area contributed by atoms with Gasteiger partial charge in [0, 0.05) is 11.6 Å². The summed E-state index contributed by atoms with van der Waals surface area (Å²) in [5.41, 5.74) is 4.01. The first kappa shape index (κ1) is 10.6. The zero-order chi connectivity index (χ0) is 11.7. The number of phenols is 2. The van der Waals surface area contributed by atoms with Crippen LogP contribution in [0.4, 0.5) is 0 Å². The van der Waals surface area contributed by atoms with Gasteiger partial charge in [-0.3, -0.25) is 0 Å². The minimum absolute atomic E-state index is 0.0764. The molecular formula is C14H14O2. The molecule has 0 amide bonds. The largest absolute Gasteiger partial charge is 0.508 e. The van der Waals surface area contributed by atoms with E-state index in [1.165, 1.54) is 6.07 Å². The monoisotopic (exact) mass is 214 g/mol. The van der Waals surface area contributed by atoms with E-state index in [1.807, 2.05) is 32.0 Å². The van der Waals surface area contributed by atoms with Gasteiger partial charge in [-0.15, -0.1) is 0 Å². The Labute approximate surface area is 94.8 Å². The van der Waals surface area contributed by atoms with E-state index in [2.05, 4.69) is 0 Å². The Balaban J connectivity index is 2.68. The Bertz CT molecular complexity index is 510. The lowest BCUT2D eigenvalue weighted by molar-refractivity contribution is 0.452. The van der Waals surface area contributed by atoms with Crippen LogP contribution in [0.1, 0.15) is 11.1 Å². The Morgan fingerprint density at radius 3 is 2.06 bits per heavy atom. The molecule has 0 saturated carbocycles. The van der Waals surface area contributed by atoms with Crippen molar-refractivity contribution < 1.29 is 10.2 Å². The third-order valence-corrected chi connectivity index (χ3v) is 2.73. The lowest BCUT2D eigenvalue weighted by Crippen LogP contribution is -1.88. The van der Waals surface area contributed by atoms with Gasteiger partial charge in [0.2, 0.25) is 0 Å². The average molecular weight is 214 g/mol. The second-order valence-electron chi connectivity index (χ2n) is 3.97. The minimum Gasteiger partial charge on any atom is -0.508 e. The van der Waals surface area contributed by atoms with E-state index in [0.29, 0.717) is 0 Å². The van der Waals surface area contributed by atoms with Crippen LogP contribution < -0.4 is 0 Å². The molecule has 0 aromatic heterocycles. The van der Waals surface area contributed by atoms with Crippen molar-refractivity contribution in [2.45, 2.75) is 13.8 Å². The first-order valence-electron chi connectivity index (χ1n) is 5.18. The van der Waals surface area contributed by atoms with Crippen LogP contribution in [0.15, 0.2) is 36.4 Å². The van der Waals surface area contributed by atoms with Gasteiger partial charge in [0.25, 0.3) is 0 Å². The molecule has 82 valence electrons. The van der Waals surface area contributed by atoms with Crippen molar-refractivity contribution in [2.75, 3.05) is 0 Å². The standard InChI is InChI=1S/C14H14O2/c1-9-4-3-5-10(2)14(9)12-7-6-11(15)8-13(12)16/h3-8,15-16H,1-2H3. The summed E-state index contributed by atoms with van der Waals surface area (Å²) in [6.07, 6.45) is 0. The molecule has 0 heterocycles. The second kappa shape index (κ2) is 3.89. The van der Waals surface area contributed by atoms with E-state index in [0.717, 1.165) is 22.3 Å². The summed E-state index contributed by atoms with van der Waals surface area (Å²) in [6.45, 7) is 4.02. The summed E-state index contributed by atoms with van der Waals surface area (Å²) in [7, 11) is 0. The summed E-state index contributed by atoms with van der Waals surface area (Å²) in [5.74, 6) is 0.185. The quantitative estimate of drug-likeness (QED) is 0.764.